The fourth-order valence-corrected chi connectivity index (χ4v) is 0.985. The van der Waals surface area contributed by atoms with Gasteiger partial charge in [0.15, 0.2) is 0 Å². The summed E-state index contributed by atoms with van der Waals surface area (Å²) in [6.45, 7) is 0. The van der Waals surface area contributed by atoms with Gasteiger partial charge >= 0.3 is 0 Å². The van der Waals surface area contributed by atoms with Crippen molar-refractivity contribution in [2.45, 2.75) is 4.90 Å². The van der Waals surface area contributed by atoms with Gasteiger partial charge in [0, 0.05) is 6.07 Å². The van der Waals surface area contributed by atoms with E-state index in [9.17, 15) is 0 Å². The summed E-state index contributed by atoms with van der Waals surface area (Å²) in [5.41, 5.74) is 0. The van der Waals surface area contributed by atoms with E-state index in [1.807, 2.05) is 6.07 Å². The van der Waals surface area contributed by atoms with E-state index in [1.54, 1.807) is 26.4 Å². The van der Waals surface area contributed by atoms with Crippen molar-refractivity contribution >= 4 is 12.6 Å². The van der Waals surface area contributed by atoms with Crippen LogP contribution in [0.4, 0.5) is 0 Å². The van der Waals surface area contributed by atoms with Crippen LogP contribution in [0.15, 0.2) is 23.1 Å². The van der Waals surface area contributed by atoms with E-state index in [0.29, 0.717) is 10.6 Å². The summed E-state index contributed by atoms with van der Waals surface area (Å²) < 4.78 is 9.99. The van der Waals surface area contributed by atoms with Crippen LogP contribution in [-0.2, 0) is 12.6 Å². The van der Waals surface area contributed by atoms with E-state index in [0.717, 1.165) is 5.75 Å². The highest BCUT2D eigenvalue weighted by atomic mass is 32.1. The molecule has 1 rings (SSSR count). The first-order chi connectivity index (χ1) is 5.27. The lowest BCUT2D eigenvalue weighted by molar-refractivity contribution is 0.387. The molecule has 0 heterocycles. The molecule has 0 aliphatic rings. The molecule has 0 fully saturated rings. The molecule has 3 heteroatoms. The van der Waals surface area contributed by atoms with E-state index in [2.05, 4.69) is 0 Å². The average Bonchev–Trinajstić information content (AvgIpc) is 2.05. The molecule has 1 aromatic rings. The van der Waals surface area contributed by atoms with Crippen LogP contribution in [0.5, 0.6) is 11.5 Å². The maximum atomic E-state index is 5.00. The lowest BCUT2D eigenvalue weighted by Crippen LogP contribution is -1.88. The first-order valence-electron chi connectivity index (χ1n) is 3.17. The Bertz CT molecular complexity index is 248. The fourth-order valence-electron chi connectivity index (χ4n) is 0.775. The second-order valence-electron chi connectivity index (χ2n) is 2.02. The van der Waals surface area contributed by atoms with E-state index >= 15 is 0 Å². The second kappa shape index (κ2) is 3.44. The Balaban J connectivity index is 3.02. The molecule has 0 unspecified atom stereocenters. The van der Waals surface area contributed by atoms with Crippen LogP contribution in [0.3, 0.4) is 0 Å². The number of hydrogen-bond donors (Lipinski definition) is 0. The minimum Gasteiger partial charge on any atom is -0.776 e. The van der Waals surface area contributed by atoms with E-state index < -0.39 is 0 Å². The van der Waals surface area contributed by atoms with Gasteiger partial charge in [-0.25, -0.2) is 0 Å². The molecule has 60 valence electrons. The monoisotopic (exact) mass is 169 g/mol. The van der Waals surface area contributed by atoms with Gasteiger partial charge < -0.3 is 22.1 Å². The maximum absolute atomic E-state index is 5.00. The zero-order chi connectivity index (χ0) is 8.27. The van der Waals surface area contributed by atoms with Crippen LogP contribution in [0, 0.1) is 0 Å². The first kappa shape index (κ1) is 8.14. The molecule has 0 aromatic heterocycles. The van der Waals surface area contributed by atoms with E-state index in [4.69, 9.17) is 22.1 Å². The molecule has 0 spiro atoms. The Morgan fingerprint density at radius 1 is 1.18 bits per heavy atom. The molecular weight excluding hydrogens is 160 g/mol. The molecule has 0 atom stereocenters. The Labute approximate surface area is 71.5 Å². The zero-order valence-electron chi connectivity index (χ0n) is 6.46. The number of rotatable bonds is 2. The summed E-state index contributed by atoms with van der Waals surface area (Å²) >= 11 is 4.98. The number of hydrogen-bond acceptors (Lipinski definition) is 3. The summed E-state index contributed by atoms with van der Waals surface area (Å²) in [7, 11) is 3.20. The molecule has 0 bridgehead atoms. The Morgan fingerprint density at radius 2 is 1.91 bits per heavy atom. The standard InChI is InChI=1S/C8H10O2S/c1-9-6-3-4-8(11)7(5-6)10-2/h3-5,11H,1-2H3/p-1. The molecule has 0 amide bonds. The third-order valence-electron chi connectivity index (χ3n) is 1.37. The highest BCUT2D eigenvalue weighted by molar-refractivity contribution is 7.58. The van der Waals surface area contributed by atoms with Crippen molar-refractivity contribution < 1.29 is 9.47 Å². The summed E-state index contributed by atoms with van der Waals surface area (Å²) in [5, 5.41) is 0. The normalized spacial score (nSPS) is 9.27. The molecular formula is C8H9O2S-. The van der Waals surface area contributed by atoms with Crippen molar-refractivity contribution in [3.8, 4) is 11.5 Å². The fraction of sp³-hybridized carbons (Fsp3) is 0.250. The third kappa shape index (κ3) is 1.74. The number of ether oxygens (including phenoxy) is 2. The summed E-state index contributed by atoms with van der Waals surface area (Å²) in [6, 6.07) is 5.36. The van der Waals surface area contributed by atoms with Gasteiger partial charge in [-0.1, -0.05) is 6.07 Å². The molecule has 0 aliphatic carbocycles. The summed E-state index contributed by atoms with van der Waals surface area (Å²) in [6.07, 6.45) is 0. The average molecular weight is 169 g/mol. The van der Waals surface area contributed by atoms with Gasteiger partial charge in [-0.05, 0) is 6.07 Å². The molecule has 0 saturated carbocycles. The van der Waals surface area contributed by atoms with Crippen LogP contribution in [-0.4, -0.2) is 14.2 Å². The van der Waals surface area contributed by atoms with Crippen molar-refractivity contribution in [2.75, 3.05) is 14.2 Å². The highest BCUT2D eigenvalue weighted by Gasteiger charge is 1.93. The highest BCUT2D eigenvalue weighted by Crippen LogP contribution is 2.23. The zero-order valence-corrected chi connectivity index (χ0v) is 7.27. The van der Waals surface area contributed by atoms with Crippen molar-refractivity contribution in [1.29, 1.82) is 0 Å². The smallest absolute Gasteiger partial charge is 0.122 e. The number of methoxy groups -OCH3 is 2. The van der Waals surface area contributed by atoms with Crippen LogP contribution in [0.25, 0.3) is 0 Å². The van der Waals surface area contributed by atoms with Crippen LogP contribution >= 0.6 is 0 Å². The van der Waals surface area contributed by atoms with Crippen molar-refractivity contribution in [3.63, 3.8) is 0 Å². The predicted molar refractivity (Wildman–Crippen MR) is 45.2 cm³/mol. The first-order valence-corrected chi connectivity index (χ1v) is 3.58. The summed E-state index contributed by atoms with van der Waals surface area (Å²) in [4.78, 5) is 0.702. The Hall–Kier alpha value is -0.960. The van der Waals surface area contributed by atoms with Crippen molar-refractivity contribution in [1.82, 2.24) is 0 Å². The SMILES string of the molecule is COc1ccc([S-])c(OC)c1. The van der Waals surface area contributed by atoms with Gasteiger partial charge in [-0.3, -0.25) is 0 Å². The van der Waals surface area contributed by atoms with E-state index in [-0.39, 0.29) is 0 Å². The van der Waals surface area contributed by atoms with Gasteiger partial charge in [-0.2, -0.15) is 0 Å². The van der Waals surface area contributed by atoms with Gasteiger partial charge in [0.1, 0.15) is 11.5 Å². The molecule has 0 saturated heterocycles. The van der Waals surface area contributed by atoms with Crippen molar-refractivity contribution in [3.05, 3.63) is 18.2 Å². The second-order valence-corrected chi connectivity index (χ2v) is 2.46. The molecule has 0 aliphatic heterocycles. The predicted octanol–water partition coefficient (Wildman–Crippen LogP) is 1.61. The maximum Gasteiger partial charge on any atom is 0.122 e. The van der Waals surface area contributed by atoms with Crippen molar-refractivity contribution in [2.24, 2.45) is 0 Å². The minimum absolute atomic E-state index is 0.680. The van der Waals surface area contributed by atoms with Gasteiger partial charge in [0.2, 0.25) is 0 Å². The van der Waals surface area contributed by atoms with Crippen LogP contribution in [0.2, 0.25) is 0 Å². The minimum atomic E-state index is 0.680. The lowest BCUT2D eigenvalue weighted by Gasteiger charge is -2.12. The number of benzene rings is 1. The quantitative estimate of drug-likeness (QED) is 0.627. The van der Waals surface area contributed by atoms with Gasteiger partial charge in [-0.15, -0.1) is 4.90 Å². The molecule has 0 N–H and O–H groups in total. The molecule has 1 aromatic carbocycles. The Kier molecular flexibility index (Phi) is 2.54. The molecule has 0 radical (unpaired) electrons. The Morgan fingerprint density at radius 3 is 2.45 bits per heavy atom. The molecule has 11 heavy (non-hydrogen) atoms. The van der Waals surface area contributed by atoms with E-state index in [1.165, 1.54) is 0 Å². The van der Waals surface area contributed by atoms with Crippen LogP contribution in [0.1, 0.15) is 0 Å². The lowest BCUT2D eigenvalue weighted by atomic mass is 10.3. The summed E-state index contributed by atoms with van der Waals surface area (Å²) in [5.74, 6) is 1.44. The molecule has 2 nitrogen and oxygen atoms in total. The largest absolute Gasteiger partial charge is 0.776 e. The topological polar surface area (TPSA) is 18.5 Å². The van der Waals surface area contributed by atoms with Gasteiger partial charge in [0.25, 0.3) is 0 Å². The third-order valence-corrected chi connectivity index (χ3v) is 1.71. The van der Waals surface area contributed by atoms with Gasteiger partial charge in [0.05, 0.1) is 14.2 Å². The van der Waals surface area contributed by atoms with Crippen LogP contribution < -0.4 is 9.47 Å².